The fraction of sp³-hybridized carbons (Fsp3) is 0.538. The topological polar surface area (TPSA) is 64.8 Å². The Morgan fingerprint density at radius 2 is 2.32 bits per heavy atom. The van der Waals surface area contributed by atoms with Crippen LogP contribution in [0.5, 0.6) is 5.75 Å². The van der Waals surface area contributed by atoms with E-state index in [-0.39, 0.29) is 11.8 Å². The molecule has 1 heterocycles. The highest BCUT2D eigenvalue weighted by Crippen LogP contribution is 2.26. The molecular formula is C13H18N2O4. The zero-order chi connectivity index (χ0) is 13.7. The molecule has 1 aliphatic heterocycles. The Hall–Kier alpha value is -1.66. The summed E-state index contributed by atoms with van der Waals surface area (Å²) in [5, 5.41) is 10.9. The van der Waals surface area contributed by atoms with Gasteiger partial charge in [-0.05, 0) is 12.6 Å². The quantitative estimate of drug-likeness (QED) is 0.599. The molecule has 0 saturated carbocycles. The van der Waals surface area contributed by atoms with Crippen LogP contribution in [0.3, 0.4) is 0 Å². The lowest BCUT2D eigenvalue weighted by molar-refractivity contribution is -0.385. The molecule has 1 fully saturated rings. The van der Waals surface area contributed by atoms with Gasteiger partial charge in [0, 0.05) is 19.2 Å². The van der Waals surface area contributed by atoms with Crippen molar-refractivity contribution in [1.29, 1.82) is 0 Å². The maximum absolute atomic E-state index is 10.9. The van der Waals surface area contributed by atoms with Gasteiger partial charge in [0.1, 0.15) is 12.7 Å². The van der Waals surface area contributed by atoms with Crippen LogP contribution in [0, 0.1) is 10.1 Å². The molecule has 19 heavy (non-hydrogen) atoms. The molecule has 0 bridgehead atoms. The Morgan fingerprint density at radius 1 is 1.53 bits per heavy atom. The second kappa shape index (κ2) is 6.49. The minimum atomic E-state index is -0.435. The van der Waals surface area contributed by atoms with Crippen LogP contribution >= 0.6 is 0 Å². The standard InChI is InChI=1S/C13H18N2O4/c1-2-14-7-8-18-11(9-14)10-19-13-6-4-3-5-12(13)15(16)17/h3-6,11H,2,7-10H2,1H3/t11-/m0/s1. The summed E-state index contributed by atoms with van der Waals surface area (Å²) in [6.07, 6.45) is -0.0338. The number of hydrogen-bond donors (Lipinski definition) is 0. The molecule has 104 valence electrons. The first-order valence-corrected chi connectivity index (χ1v) is 6.41. The van der Waals surface area contributed by atoms with E-state index in [0.29, 0.717) is 19.0 Å². The number of para-hydroxylation sites is 2. The van der Waals surface area contributed by atoms with Crippen LogP contribution < -0.4 is 4.74 Å². The number of benzene rings is 1. The Balaban J connectivity index is 1.93. The molecule has 0 spiro atoms. The highest BCUT2D eigenvalue weighted by molar-refractivity contribution is 5.45. The van der Waals surface area contributed by atoms with E-state index in [2.05, 4.69) is 11.8 Å². The molecule has 6 heteroatoms. The van der Waals surface area contributed by atoms with Crippen molar-refractivity contribution in [3.05, 3.63) is 34.4 Å². The van der Waals surface area contributed by atoms with Gasteiger partial charge in [-0.25, -0.2) is 0 Å². The number of nitro groups is 1. The Kier molecular flexibility index (Phi) is 4.70. The summed E-state index contributed by atoms with van der Waals surface area (Å²) in [6.45, 7) is 5.83. The third kappa shape index (κ3) is 3.65. The second-order valence-electron chi connectivity index (χ2n) is 4.42. The Labute approximate surface area is 112 Å². The first kappa shape index (κ1) is 13.8. The van der Waals surface area contributed by atoms with E-state index in [9.17, 15) is 10.1 Å². The normalized spacial score (nSPS) is 20.2. The summed E-state index contributed by atoms with van der Waals surface area (Å²) in [4.78, 5) is 12.7. The highest BCUT2D eigenvalue weighted by Gasteiger charge is 2.21. The summed E-state index contributed by atoms with van der Waals surface area (Å²) < 4.78 is 11.1. The molecule has 0 radical (unpaired) electrons. The van der Waals surface area contributed by atoms with Crippen molar-refractivity contribution >= 4 is 5.69 Å². The molecule has 1 atom stereocenters. The predicted molar refractivity (Wildman–Crippen MR) is 70.4 cm³/mol. The molecule has 6 nitrogen and oxygen atoms in total. The first-order valence-electron chi connectivity index (χ1n) is 6.41. The lowest BCUT2D eigenvalue weighted by Gasteiger charge is -2.31. The summed E-state index contributed by atoms with van der Waals surface area (Å²) >= 11 is 0. The van der Waals surface area contributed by atoms with E-state index in [1.807, 2.05) is 0 Å². The van der Waals surface area contributed by atoms with Crippen LogP contribution in [-0.2, 0) is 4.74 Å². The average molecular weight is 266 g/mol. The molecular weight excluding hydrogens is 248 g/mol. The smallest absolute Gasteiger partial charge is 0.310 e. The van der Waals surface area contributed by atoms with Gasteiger partial charge < -0.3 is 9.47 Å². The molecule has 0 amide bonds. The molecule has 0 N–H and O–H groups in total. The molecule has 2 rings (SSSR count). The fourth-order valence-corrected chi connectivity index (χ4v) is 2.08. The zero-order valence-corrected chi connectivity index (χ0v) is 10.9. The maximum Gasteiger partial charge on any atom is 0.310 e. The van der Waals surface area contributed by atoms with Crippen molar-refractivity contribution in [1.82, 2.24) is 4.90 Å². The van der Waals surface area contributed by atoms with E-state index in [0.717, 1.165) is 19.6 Å². The summed E-state index contributed by atoms with van der Waals surface area (Å²) in [7, 11) is 0. The van der Waals surface area contributed by atoms with Crippen LogP contribution in [0.15, 0.2) is 24.3 Å². The van der Waals surface area contributed by atoms with Crippen molar-refractivity contribution in [3.63, 3.8) is 0 Å². The van der Waals surface area contributed by atoms with E-state index in [4.69, 9.17) is 9.47 Å². The predicted octanol–water partition coefficient (Wildman–Crippen LogP) is 1.69. The van der Waals surface area contributed by atoms with Gasteiger partial charge in [-0.15, -0.1) is 0 Å². The molecule has 1 saturated heterocycles. The van der Waals surface area contributed by atoms with Crippen LogP contribution in [0.25, 0.3) is 0 Å². The number of rotatable bonds is 5. The monoisotopic (exact) mass is 266 g/mol. The van der Waals surface area contributed by atoms with Gasteiger partial charge in [0.2, 0.25) is 0 Å². The van der Waals surface area contributed by atoms with Crippen LogP contribution in [-0.4, -0.2) is 48.8 Å². The number of morpholine rings is 1. The molecule has 1 aliphatic rings. The van der Waals surface area contributed by atoms with Crippen LogP contribution in [0.2, 0.25) is 0 Å². The first-order chi connectivity index (χ1) is 9.20. The SMILES string of the molecule is CCN1CCO[C@H](COc2ccccc2[N+](=O)[O-])C1. The maximum atomic E-state index is 10.9. The van der Waals surface area contributed by atoms with Crippen LogP contribution in [0.1, 0.15) is 6.92 Å². The largest absolute Gasteiger partial charge is 0.484 e. The Bertz CT molecular complexity index is 438. The average Bonchev–Trinajstić information content (AvgIpc) is 2.45. The van der Waals surface area contributed by atoms with Gasteiger partial charge in [0.25, 0.3) is 0 Å². The van der Waals surface area contributed by atoms with Crippen molar-refractivity contribution in [2.75, 3.05) is 32.8 Å². The van der Waals surface area contributed by atoms with E-state index in [1.54, 1.807) is 18.2 Å². The van der Waals surface area contributed by atoms with Gasteiger partial charge in [0.05, 0.1) is 11.5 Å². The van der Waals surface area contributed by atoms with Gasteiger partial charge in [-0.2, -0.15) is 0 Å². The number of nitrogens with zero attached hydrogens (tertiary/aromatic N) is 2. The van der Waals surface area contributed by atoms with Gasteiger partial charge in [0.15, 0.2) is 5.75 Å². The Morgan fingerprint density at radius 3 is 3.05 bits per heavy atom. The second-order valence-corrected chi connectivity index (χ2v) is 4.42. The highest BCUT2D eigenvalue weighted by atomic mass is 16.6. The summed E-state index contributed by atoms with van der Waals surface area (Å²) in [5.41, 5.74) is -0.00865. The van der Waals surface area contributed by atoms with Crippen molar-refractivity contribution in [3.8, 4) is 5.75 Å². The summed E-state index contributed by atoms with van der Waals surface area (Å²) in [5.74, 6) is 0.296. The minimum Gasteiger partial charge on any atom is -0.484 e. The molecule has 1 aromatic rings. The van der Waals surface area contributed by atoms with Crippen molar-refractivity contribution in [2.24, 2.45) is 0 Å². The number of hydrogen-bond acceptors (Lipinski definition) is 5. The van der Waals surface area contributed by atoms with Gasteiger partial charge in [-0.1, -0.05) is 19.1 Å². The molecule has 1 aromatic carbocycles. The number of ether oxygens (including phenoxy) is 2. The van der Waals surface area contributed by atoms with E-state index < -0.39 is 4.92 Å². The molecule has 0 aromatic heterocycles. The zero-order valence-electron chi connectivity index (χ0n) is 10.9. The van der Waals surface area contributed by atoms with Gasteiger partial charge in [-0.3, -0.25) is 15.0 Å². The summed E-state index contributed by atoms with van der Waals surface area (Å²) in [6, 6.07) is 6.40. The van der Waals surface area contributed by atoms with E-state index >= 15 is 0 Å². The minimum absolute atomic E-state index is 0.00865. The molecule has 0 unspecified atom stereocenters. The number of likely N-dealkylation sites (N-methyl/N-ethyl adjacent to an activating group) is 1. The van der Waals surface area contributed by atoms with Crippen molar-refractivity contribution < 1.29 is 14.4 Å². The lowest BCUT2D eigenvalue weighted by Crippen LogP contribution is -2.44. The number of nitro benzene ring substituents is 1. The van der Waals surface area contributed by atoms with Crippen LogP contribution in [0.4, 0.5) is 5.69 Å². The lowest BCUT2D eigenvalue weighted by atomic mass is 10.2. The van der Waals surface area contributed by atoms with Crippen molar-refractivity contribution in [2.45, 2.75) is 13.0 Å². The molecule has 0 aliphatic carbocycles. The third-order valence-corrected chi connectivity index (χ3v) is 3.16. The third-order valence-electron chi connectivity index (χ3n) is 3.16. The van der Waals surface area contributed by atoms with Gasteiger partial charge >= 0.3 is 5.69 Å². The fourth-order valence-electron chi connectivity index (χ4n) is 2.08. The van der Waals surface area contributed by atoms with E-state index in [1.165, 1.54) is 6.07 Å².